The maximum Gasteiger partial charge on any atom is 0.212 e. The maximum atomic E-state index is 11.8. The van der Waals surface area contributed by atoms with Gasteiger partial charge >= 0.3 is 0 Å². The first-order valence-electron chi connectivity index (χ1n) is 5.81. The van der Waals surface area contributed by atoms with Crippen LogP contribution in [0.15, 0.2) is 30.3 Å². The van der Waals surface area contributed by atoms with Crippen LogP contribution in [-0.2, 0) is 10.0 Å². The minimum atomic E-state index is -3.38. The van der Waals surface area contributed by atoms with Gasteiger partial charge in [0.05, 0.1) is 18.4 Å². The molecule has 0 bridgehead atoms. The van der Waals surface area contributed by atoms with Crippen LogP contribution in [0.2, 0.25) is 0 Å². The van der Waals surface area contributed by atoms with E-state index in [4.69, 9.17) is 11.6 Å². The van der Waals surface area contributed by atoms with E-state index in [2.05, 4.69) is 4.72 Å². The van der Waals surface area contributed by atoms with Crippen LogP contribution < -0.4 is 4.72 Å². The Balaban J connectivity index is 2.63. The van der Waals surface area contributed by atoms with E-state index < -0.39 is 16.1 Å². The van der Waals surface area contributed by atoms with Crippen molar-refractivity contribution in [2.45, 2.75) is 18.9 Å². The SMILES string of the molecule is O=S(=O)(CCCCCl)N[C@H](CO)c1ccccc1. The molecule has 2 N–H and O–H groups in total. The normalized spacial score (nSPS) is 13.4. The summed E-state index contributed by atoms with van der Waals surface area (Å²) in [7, 11) is -3.38. The second-order valence-corrected chi connectivity index (χ2v) is 6.23. The molecular weight excluding hydrogens is 274 g/mol. The van der Waals surface area contributed by atoms with Crippen molar-refractivity contribution in [1.82, 2.24) is 4.72 Å². The Hall–Kier alpha value is -0.620. The van der Waals surface area contributed by atoms with Gasteiger partial charge in [-0.1, -0.05) is 30.3 Å². The number of unbranched alkanes of at least 4 members (excludes halogenated alkanes) is 1. The van der Waals surface area contributed by atoms with E-state index in [1.807, 2.05) is 6.07 Å². The van der Waals surface area contributed by atoms with Crippen molar-refractivity contribution >= 4 is 21.6 Å². The van der Waals surface area contributed by atoms with E-state index in [0.717, 1.165) is 5.56 Å². The molecular formula is C12H18ClNO3S. The number of benzene rings is 1. The largest absolute Gasteiger partial charge is 0.394 e. The highest BCUT2D eigenvalue weighted by molar-refractivity contribution is 7.89. The van der Waals surface area contributed by atoms with Crippen LogP contribution in [0, 0.1) is 0 Å². The first-order chi connectivity index (χ1) is 8.59. The Morgan fingerprint density at radius 3 is 2.44 bits per heavy atom. The summed E-state index contributed by atoms with van der Waals surface area (Å²) in [4.78, 5) is 0. The van der Waals surface area contributed by atoms with Crippen LogP contribution in [0.3, 0.4) is 0 Å². The van der Waals surface area contributed by atoms with Crippen LogP contribution >= 0.6 is 11.6 Å². The van der Waals surface area contributed by atoms with Crippen LogP contribution in [0.1, 0.15) is 24.4 Å². The third kappa shape index (κ3) is 5.35. The highest BCUT2D eigenvalue weighted by atomic mass is 35.5. The number of aliphatic hydroxyl groups excluding tert-OH is 1. The molecule has 18 heavy (non-hydrogen) atoms. The Bertz CT molecular complexity index is 436. The van der Waals surface area contributed by atoms with Gasteiger partial charge in [-0.15, -0.1) is 11.6 Å². The second kappa shape index (κ2) is 7.74. The fourth-order valence-corrected chi connectivity index (χ4v) is 3.09. The van der Waals surface area contributed by atoms with Crippen molar-refractivity contribution in [2.75, 3.05) is 18.2 Å². The van der Waals surface area contributed by atoms with E-state index in [1.165, 1.54) is 0 Å². The Morgan fingerprint density at radius 2 is 1.89 bits per heavy atom. The van der Waals surface area contributed by atoms with Gasteiger partial charge in [0.2, 0.25) is 10.0 Å². The number of rotatable bonds is 8. The van der Waals surface area contributed by atoms with E-state index in [-0.39, 0.29) is 12.4 Å². The third-order valence-electron chi connectivity index (χ3n) is 2.50. The summed E-state index contributed by atoms with van der Waals surface area (Å²) in [6.45, 7) is -0.265. The zero-order valence-corrected chi connectivity index (χ0v) is 11.6. The predicted octanol–water partition coefficient (Wildman–Crippen LogP) is 1.66. The van der Waals surface area contributed by atoms with Gasteiger partial charge in [-0.25, -0.2) is 13.1 Å². The standard InChI is InChI=1S/C12H18ClNO3S/c13-8-4-5-9-18(16,17)14-12(10-15)11-6-2-1-3-7-11/h1-3,6-7,12,14-15H,4-5,8-10H2/t12-/m1/s1. The molecule has 4 nitrogen and oxygen atoms in total. The number of alkyl halides is 1. The van der Waals surface area contributed by atoms with Crippen molar-refractivity contribution < 1.29 is 13.5 Å². The molecule has 0 aromatic heterocycles. The lowest BCUT2D eigenvalue weighted by molar-refractivity contribution is 0.259. The fraction of sp³-hybridized carbons (Fsp3) is 0.500. The van der Waals surface area contributed by atoms with E-state index in [1.54, 1.807) is 24.3 Å². The monoisotopic (exact) mass is 291 g/mol. The van der Waals surface area contributed by atoms with E-state index in [0.29, 0.717) is 18.7 Å². The minimum Gasteiger partial charge on any atom is -0.394 e. The Labute approximate surface area is 113 Å². The van der Waals surface area contributed by atoms with Crippen LogP contribution in [0.4, 0.5) is 0 Å². The number of nitrogens with one attached hydrogen (secondary N) is 1. The molecule has 0 spiro atoms. The molecule has 1 atom stereocenters. The van der Waals surface area contributed by atoms with Crippen molar-refractivity contribution in [1.29, 1.82) is 0 Å². The average molecular weight is 292 g/mol. The van der Waals surface area contributed by atoms with Crippen LogP contribution in [0.5, 0.6) is 0 Å². The predicted molar refractivity (Wildman–Crippen MR) is 73.1 cm³/mol. The summed E-state index contributed by atoms with van der Waals surface area (Å²) in [5.74, 6) is 0.487. The molecule has 0 aliphatic carbocycles. The van der Waals surface area contributed by atoms with Crippen LogP contribution in [0.25, 0.3) is 0 Å². The first-order valence-corrected chi connectivity index (χ1v) is 7.99. The van der Waals surface area contributed by atoms with Gasteiger partial charge < -0.3 is 5.11 Å². The molecule has 0 unspecified atom stereocenters. The van der Waals surface area contributed by atoms with Gasteiger partial charge in [0.15, 0.2) is 0 Å². The molecule has 0 heterocycles. The van der Waals surface area contributed by atoms with Gasteiger partial charge in [0.25, 0.3) is 0 Å². The smallest absolute Gasteiger partial charge is 0.212 e. The quantitative estimate of drug-likeness (QED) is 0.565. The number of sulfonamides is 1. The highest BCUT2D eigenvalue weighted by Crippen LogP contribution is 2.13. The molecule has 1 aromatic rings. The Morgan fingerprint density at radius 1 is 1.22 bits per heavy atom. The summed E-state index contributed by atoms with van der Waals surface area (Å²) in [6, 6.07) is 8.42. The summed E-state index contributed by atoms with van der Waals surface area (Å²) in [6.07, 6.45) is 1.18. The molecule has 1 rings (SSSR count). The average Bonchev–Trinajstić information content (AvgIpc) is 2.37. The number of halogens is 1. The molecule has 1 aromatic carbocycles. The van der Waals surface area contributed by atoms with E-state index in [9.17, 15) is 13.5 Å². The first kappa shape index (κ1) is 15.4. The molecule has 0 aliphatic heterocycles. The van der Waals surface area contributed by atoms with Gasteiger partial charge in [0.1, 0.15) is 0 Å². The summed E-state index contributed by atoms with van der Waals surface area (Å²) in [5, 5.41) is 9.27. The Kier molecular flexibility index (Phi) is 6.63. The number of aliphatic hydroxyl groups is 1. The summed E-state index contributed by atoms with van der Waals surface area (Å²) in [5.41, 5.74) is 0.751. The highest BCUT2D eigenvalue weighted by Gasteiger charge is 2.18. The molecule has 0 saturated carbocycles. The minimum absolute atomic E-state index is 0.0308. The topological polar surface area (TPSA) is 66.4 Å². The second-order valence-electron chi connectivity index (χ2n) is 3.98. The molecule has 0 saturated heterocycles. The molecule has 6 heteroatoms. The lowest BCUT2D eigenvalue weighted by Gasteiger charge is -2.16. The molecule has 0 radical (unpaired) electrons. The molecule has 0 fully saturated rings. The fourth-order valence-electron chi connectivity index (χ4n) is 1.56. The molecule has 0 amide bonds. The van der Waals surface area contributed by atoms with Crippen LogP contribution in [-0.4, -0.2) is 31.8 Å². The van der Waals surface area contributed by atoms with Crippen molar-refractivity contribution in [3.05, 3.63) is 35.9 Å². The molecule has 0 aliphatic rings. The van der Waals surface area contributed by atoms with Crippen molar-refractivity contribution in [3.63, 3.8) is 0 Å². The van der Waals surface area contributed by atoms with Crippen molar-refractivity contribution in [3.8, 4) is 0 Å². The van der Waals surface area contributed by atoms with Gasteiger partial charge in [-0.2, -0.15) is 0 Å². The number of hydrogen-bond acceptors (Lipinski definition) is 3. The summed E-state index contributed by atoms with van der Waals surface area (Å²) < 4.78 is 26.1. The van der Waals surface area contributed by atoms with Gasteiger partial charge in [-0.05, 0) is 18.4 Å². The summed E-state index contributed by atoms with van der Waals surface area (Å²) >= 11 is 5.50. The lowest BCUT2D eigenvalue weighted by atomic mass is 10.1. The number of hydrogen-bond donors (Lipinski definition) is 2. The van der Waals surface area contributed by atoms with Gasteiger partial charge in [0, 0.05) is 5.88 Å². The van der Waals surface area contributed by atoms with E-state index >= 15 is 0 Å². The third-order valence-corrected chi connectivity index (χ3v) is 4.24. The zero-order chi connectivity index (χ0) is 13.4. The zero-order valence-electron chi connectivity index (χ0n) is 10.0. The lowest BCUT2D eigenvalue weighted by Crippen LogP contribution is -2.32. The molecule has 102 valence electrons. The maximum absolute atomic E-state index is 11.8. The van der Waals surface area contributed by atoms with Gasteiger partial charge in [-0.3, -0.25) is 0 Å². The van der Waals surface area contributed by atoms with Crippen molar-refractivity contribution in [2.24, 2.45) is 0 Å².